The Morgan fingerprint density at radius 2 is 2.06 bits per heavy atom. The highest BCUT2D eigenvalue weighted by atomic mass is 16.1. The van der Waals surface area contributed by atoms with E-state index >= 15 is 0 Å². The van der Waals surface area contributed by atoms with Crippen molar-refractivity contribution in [1.82, 2.24) is 0 Å². The maximum Gasteiger partial charge on any atom is 0.189 e. The summed E-state index contributed by atoms with van der Waals surface area (Å²) in [5.41, 5.74) is 2.60. The van der Waals surface area contributed by atoms with Crippen LogP contribution < -0.4 is 0 Å². The fraction of sp³-hybridized carbons (Fsp3) is 0.375. The van der Waals surface area contributed by atoms with Gasteiger partial charge in [-0.05, 0) is 18.9 Å². The van der Waals surface area contributed by atoms with Crippen LogP contribution in [0.15, 0.2) is 35.9 Å². The van der Waals surface area contributed by atoms with E-state index in [1.165, 1.54) is 0 Å². The standard InChI is InChI=1S/C16H18O2/c1-3-4-7-14-15(10-11(2)17)12-8-5-6-9-13(12)16(14)18/h5-9,15H,3-4,10H2,1-2H3/b14-7-. The van der Waals surface area contributed by atoms with Crippen molar-refractivity contribution in [1.29, 1.82) is 0 Å². The van der Waals surface area contributed by atoms with Crippen LogP contribution in [0, 0.1) is 0 Å². The molecule has 0 fully saturated rings. The van der Waals surface area contributed by atoms with Crippen LogP contribution >= 0.6 is 0 Å². The second-order valence-corrected chi connectivity index (χ2v) is 4.82. The molecule has 0 aromatic heterocycles. The number of hydrogen-bond donors (Lipinski definition) is 0. The molecular weight excluding hydrogens is 224 g/mol. The van der Waals surface area contributed by atoms with Gasteiger partial charge in [-0.1, -0.05) is 43.7 Å². The van der Waals surface area contributed by atoms with Crippen LogP contribution in [0.2, 0.25) is 0 Å². The molecule has 0 N–H and O–H groups in total. The van der Waals surface area contributed by atoms with E-state index in [4.69, 9.17) is 0 Å². The minimum Gasteiger partial charge on any atom is -0.300 e. The zero-order valence-electron chi connectivity index (χ0n) is 10.9. The summed E-state index contributed by atoms with van der Waals surface area (Å²) in [6, 6.07) is 7.64. The van der Waals surface area contributed by atoms with Crippen LogP contribution in [0.3, 0.4) is 0 Å². The lowest BCUT2D eigenvalue weighted by Crippen LogP contribution is -2.05. The van der Waals surface area contributed by atoms with Crippen LogP contribution in [0.5, 0.6) is 0 Å². The van der Waals surface area contributed by atoms with Crippen molar-refractivity contribution in [3.63, 3.8) is 0 Å². The maximum atomic E-state index is 12.3. The number of benzene rings is 1. The van der Waals surface area contributed by atoms with E-state index in [9.17, 15) is 9.59 Å². The van der Waals surface area contributed by atoms with E-state index in [1.54, 1.807) is 6.92 Å². The van der Waals surface area contributed by atoms with Crippen molar-refractivity contribution in [3.8, 4) is 0 Å². The van der Waals surface area contributed by atoms with Gasteiger partial charge in [0.05, 0.1) is 0 Å². The Bertz CT molecular complexity index is 512. The first kappa shape index (κ1) is 12.7. The number of Topliss-reactive ketones (excluding diaryl/α,β-unsaturated/α-hetero) is 2. The van der Waals surface area contributed by atoms with E-state index in [-0.39, 0.29) is 17.5 Å². The maximum absolute atomic E-state index is 12.3. The summed E-state index contributed by atoms with van der Waals surface area (Å²) in [4.78, 5) is 23.7. The van der Waals surface area contributed by atoms with E-state index in [1.807, 2.05) is 30.3 Å². The molecule has 0 saturated carbocycles. The van der Waals surface area contributed by atoms with E-state index < -0.39 is 0 Å². The van der Waals surface area contributed by atoms with Gasteiger partial charge in [-0.3, -0.25) is 9.59 Å². The van der Waals surface area contributed by atoms with E-state index in [0.717, 1.165) is 29.5 Å². The van der Waals surface area contributed by atoms with E-state index in [2.05, 4.69) is 6.92 Å². The van der Waals surface area contributed by atoms with Crippen molar-refractivity contribution in [3.05, 3.63) is 47.0 Å². The number of fused-ring (bicyclic) bond motifs is 1. The molecule has 1 aliphatic carbocycles. The Balaban J connectivity index is 2.43. The van der Waals surface area contributed by atoms with Crippen LogP contribution in [0.4, 0.5) is 0 Å². The zero-order valence-corrected chi connectivity index (χ0v) is 10.9. The number of hydrogen-bond acceptors (Lipinski definition) is 2. The molecule has 0 amide bonds. The highest BCUT2D eigenvalue weighted by Gasteiger charge is 2.34. The second-order valence-electron chi connectivity index (χ2n) is 4.82. The number of ketones is 2. The van der Waals surface area contributed by atoms with Crippen molar-refractivity contribution in [2.75, 3.05) is 0 Å². The SMILES string of the molecule is CCC/C=C1\C(=O)c2ccccc2C1CC(C)=O. The summed E-state index contributed by atoms with van der Waals surface area (Å²) in [6.45, 7) is 3.67. The molecule has 1 aromatic carbocycles. The van der Waals surface area contributed by atoms with Crippen molar-refractivity contribution in [2.24, 2.45) is 0 Å². The molecule has 1 atom stereocenters. The van der Waals surface area contributed by atoms with Gasteiger partial charge in [0.2, 0.25) is 0 Å². The summed E-state index contributed by atoms with van der Waals surface area (Å²) in [5, 5.41) is 0. The lowest BCUT2D eigenvalue weighted by Gasteiger charge is -2.10. The highest BCUT2D eigenvalue weighted by Crippen LogP contribution is 2.39. The Kier molecular flexibility index (Phi) is 3.75. The van der Waals surface area contributed by atoms with Crippen molar-refractivity contribution < 1.29 is 9.59 Å². The summed E-state index contributed by atoms with van der Waals surface area (Å²) in [7, 11) is 0. The summed E-state index contributed by atoms with van der Waals surface area (Å²) in [6.07, 6.45) is 4.34. The molecule has 0 heterocycles. The molecule has 2 heteroatoms. The van der Waals surface area contributed by atoms with Crippen molar-refractivity contribution in [2.45, 2.75) is 39.0 Å². The first-order valence-corrected chi connectivity index (χ1v) is 6.48. The summed E-state index contributed by atoms with van der Waals surface area (Å²) < 4.78 is 0. The van der Waals surface area contributed by atoms with Crippen LogP contribution in [0.25, 0.3) is 0 Å². The number of rotatable bonds is 4. The highest BCUT2D eigenvalue weighted by molar-refractivity contribution is 6.14. The minimum atomic E-state index is -0.0299. The molecule has 1 aliphatic rings. The van der Waals surface area contributed by atoms with Gasteiger partial charge in [-0.15, -0.1) is 0 Å². The normalized spacial score (nSPS) is 20.2. The number of carbonyl (C=O) groups is 2. The molecule has 0 bridgehead atoms. The lowest BCUT2D eigenvalue weighted by atomic mass is 9.92. The van der Waals surface area contributed by atoms with E-state index in [0.29, 0.717) is 6.42 Å². The third kappa shape index (κ3) is 2.28. The molecule has 0 aliphatic heterocycles. The first-order chi connectivity index (χ1) is 8.65. The van der Waals surface area contributed by atoms with Gasteiger partial charge < -0.3 is 0 Å². The Labute approximate surface area is 108 Å². The Morgan fingerprint density at radius 3 is 2.72 bits per heavy atom. The summed E-state index contributed by atoms with van der Waals surface area (Å²) >= 11 is 0. The second kappa shape index (κ2) is 5.30. The number of unbranched alkanes of at least 4 members (excludes halogenated alkanes) is 1. The fourth-order valence-electron chi connectivity index (χ4n) is 2.53. The minimum absolute atomic E-state index is 0.0299. The molecule has 18 heavy (non-hydrogen) atoms. The molecule has 0 radical (unpaired) electrons. The quantitative estimate of drug-likeness (QED) is 0.755. The van der Waals surface area contributed by atoms with Gasteiger partial charge in [-0.2, -0.15) is 0 Å². The van der Waals surface area contributed by atoms with Crippen LogP contribution in [-0.4, -0.2) is 11.6 Å². The fourth-order valence-corrected chi connectivity index (χ4v) is 2.53. The lowest BCUT2D eigenvalue weighted by molar-refractivity contribution is -0.117. The average molecular weight is 242 g/mol. The smallest absolute Gasteiger partial charge is 0.189 e. The molecule has 0 spiro atoms. The monoisotopic (exact) mass is 242 g/mol. The molecular formula is C16H18O2. The van der Waals surface area contributed by atoms with Gasteiger partial charge >= 0.3 is 0 Å². The predicted molar refractivity (Wildman–Crippen MR) is 71.8 cm³/mol. The molecule has 1 aromatic rings. The molecule has 2 nitrogen and oxygen atoms in total. The topological polar surface area (TPSA) is 34.1 Å². The largest absolute Gasteiger partial charge is 0.300 e. The first-order valence-electron chi connectivity index (χ1n) is 6.48. The molecule has 2 rings (SSSR count). The third-order valence-electron chi connectivity index (χ3n) is 3.36. The predicted octanol–water partition coefficient (Wildman–Crippen LogP) is 3.67. The zero-order chi connectivity index (χ0) is 13.1. The molecule has 0 saturated heterocycles. The molecule has 94 valence electrons. The van der Waals surface area contributed by atoms with Crippen LogP contribution in [-0.2, 0) is 4.79 Å². The van der Waals surface area contributed by atoms with Gasteiger partial charge in [-0.25, -0.2) is 0 Å². The summed E-state index contributed by atoms with van der Waals surface area (Å²) in [5.74, 6) is 0.204. The number of carbonyl (C=O) groups excluding carboxylic acids is 2. The van der Waals surface area contributed by atoms with Crippen molar-refractivity contribution >= 4 is 11.6 Å². The molecule has 1 unspecified atom stereocenters. The Morgan fingerprint density at radius 1 is 1.33 bits per heavy atom. The third-order valence-corrected chi connectivity index (χ3v) is 3.36. The van der Waals surface area contributed by atoms with Gasteiger partial charge in [0.15, 0.2) is 5.78 Å². The Hall–Kier alpha value is -1.70. The van der Waals surface area contributed by atoms with Gasteiger partial charge in [0, 0.05) is 23.5 Å². The van der Waals surface area contributed by atoms with Gasteiger partial charge in [0.1, 0.15) is 5.78 Å². The van der Waals surface area contributed by atoms with Gasteiger partial charge in [0.25, 0.3) is 0 Å². The van der Waals surface area contributed by atoms with Crippen LogP contribution in [0.1, 0.15) is 54.9 Å². The number of allylic oxidation sites excluding steroid dienone is 2. The average Bonchev–Trinajstić information content (AvgIpc) is 2.61.